The minimum atomic E-state index is 0. The fraction of sp³-hybridized carbons (Fsp3) is 0.871. The topological polar surface area (TPSA) is 0 Å². The average molecular weight is 526 g/mol. The minimum absolute atomic E-state index is 0. The van der Waals surface area contributed by atoms with Gasteiger partial charge >= 0.3 is 26.2 Å². The molecular formula is C31H62Zr. The Hall–Kier alpha value is 0.883. The third-order valence-electron chi connectivity index (χ3n) is 10.1. The molecule has 0 heterocycles. The van der Waals surface area contributed by atoms with Gasteiger partial charge in [-0.3, -0.25) is 0 Å². The van der Waals surface area contributed by atoms with Crippen molar-refractivity contribution in [2.24, 2.45) is 64.6 Å². The molecule has 4 rings (SSSR count). The van der Waals surface area contributed by atoms with Gasteiger partial charge in [-0.15, -0.1) is 0 Å². The van der Waals surface area contributed by atoms with Gasteiger partial charge in [0.1, 0.15) is 0 Å². The molecule has 0 spiro atoms. The van der Waals surface area contributed by atoms with E-state index in [1.54, 1.807) is 44.9 Å². The molecule has 32 heavy (non-hydrogen) atoms. The van der Waals surface area contributed by atoms with Crippen LogP contribution in [0.1, 0.15) is 107 Å². The Kier molecular flexibility index (Phi) is 17.7. The summed E-state index contributed by atoms with van der Waals surface area (Å²) in [5, 5.41) is 0. The van der Waals surface area contributed by atoms with Gasteiger partial charge in [0.15, 0.2) is 0 Å². The first-order valence-corrected chi connectivity index (χ1v) is 12.6. The molecule has 0 bridgehead atoms. The Morgan fingerprint density at radius 2 is 0.969 bits per heavy atom. The summed E-state index contributed by atoms with van der Waals surface area (Å²) in [5.74, 6) is 10.3. The fourth-order valence-electron chi connectivity index (χ4n) is 7.83. The van der Waals surface area contributed by atoms with Gasteiger partial charge in [-0.2, -0.15) is 0 Å². The van der Waals surface area contributed by atoms with E-state index in [9.17, 15) is 0 Å². The molecule has 5 atom stereocenters. The van der Waals surface area contributed by atoms with Crippen molar-refractivity contribution >= 4 is 0 Å². The van der Waals surface area contributed by atoms with Crippen molar-refractivity contribution < 1.29 is 26.2 Å². The summed E-state index contributed by atoms with van der Waals surface area (Å²) in [4.78, 5) is 0. The second-order valence-corrected chi connectivity index (χ2v) is 12.7. The average Bonchev–Trinajstić information content (AvgIpc) is 3.25. The summed E-state index contributed by atoms with van der Waals surface area (Å²) in [5.41, 5.74) is 0.548. The van der Waals surface area contributed by atoms with Crippen LogP contribution in [0.15, 0.2) is 0 Å². The second-order valence-electron chi connectivity index (χ2n) is 12.7. The van der Waals surface area contributed by atoms with Crippen LogP contribution < -0.4 is 0 Å². The summed E-state index contributed by atoms with van der Waals surface area (Å²) in [7, 11) is 0. The van der Waals surface area contributed by atoms with E-state index in [0.717, 1.165) is 59.2 Å². The number of fused-ring (bicyclic) bond motifs is 2. The molecule has 5 unspecified atom stereocenters. The molecule has 0 N–H and O–H groups in total. The molecule has 0 radical (unpaired) electrons. The molecule has 0 saturated heterocycles. The third-order valence-corrected chi connectivity index (χ3v) is 10.1. The van der Waals surface area contributed by atoms with E-state index in [4.69, 9.17) is 0 Å². The smallest absolute Gasteiger partial charge is 0.358 e. The van der Waals surface area contributed by atoms with Crippen molar-refractivity contribution in [3.63, 3.8) is 0 Å². The number of hydrogen-bond donors (Lipinski definition) is 0. The molecule has 0 aromatic carbocycles. The quantitative estimate of drug-likeness (QED) is 0.299. The zero-order valence-corrected chi connectivity index (χ0v) is 26.9. The predicted molar refractivity (Wildman–Crippen MR) is 145 cm³/mol. The first kappa shape index (κ1) is 37.4. The van der Waals surface area contributed by atoms with Crippen molar-refractivity contribution in [2.75, 3.05) is 0 Å². The molecule has 0 nitrogen and oxygen atoms in total. The summed E-state index contributed by atoms with van der Waals surface area (Å²) in [6.07, 6.45) is 12.5. The predicted octanol–water partition coefficient (Wildman–Crippen LogP) is 10.3. The Balaban J connectivity index is -0.000000499. The van der Waals surface area contributed by atoms with Gasteiger partial charge in [-0.1, -0.05) is 74.7 Å². The monoisotopic (exact) mass is 524 g/mol. The Morgan fingerprint density at radius 3 is 1.38 bits per heavy atom. The van der Waals surface area contributed by atoms with Gasteiger partial charge in [0.05, 0.1) is 0 Å². The first-order chi connectivity index (χ1) is 12.6. The molecule has 4 aliphatic rings. The maximum absolute atomic E-state index is 2.43. The Labute approximate surface area is 226 Å². The van der Waals surface area contributed by atoms with Gasteiger partial charge in [0.2, 0.25) is 0 Å². The van der Waals surface area contributed by atoms with Gasteiger partial charge in [-0.25, -0.2) is 0 Å². The van der Waals surface area contributed by atoms with Crippen molar-refractivity contribution in [1.29, 1.82) is 0 Å². The van der Waals surface area contributed by atoms with Crippen LogP contribution in [0.2, 0.25) is 0 Å². The van der Waals surface area contributed by atoms with Crippen molar-refractivity contribution in [3.8, 4) is 0 Å². The molecular weight excluding hydrogens is 464 g/mol. The normalized spacial score (nSPS) is 41.6. The van der Waals surface area contributed by atoms with Gasteiger partial charge in [-0.05, 0) is 96.7 Å². The molecule has 0 amide bonds. The zero-order chi connectivity index (χ0) is 19.9. The zero-order valence-electron chi connectivity index (χ0n) is 24.4. The number of hydrogen-bond acceptors (Lipinski definition) is 0. The van der Waals surface area contributed by atoms with Crippen LogP contribution in [0.4, 0.5) is 0 Å². The van der Waals surface area contributed by atoms with Gasteiger partial charge in [0, 0.05) is 0 Å². The molecule has 0 aliphatic heterocycles. The van der Waals surface area contributed by atoms with Crippen LogP contribution in [0.5, 0.6) is 0 Å². The van der Waals surface area contributed by atoms with Crippen LogP contribution in [0.25, 0.3) is 0 Å². The van der Waals surface area contributed by atoms with Gasteiger partial charge < -0.3 is 29.7 Å². The summed E-state index contributed by atoms with van der Waals surface area (Å²) in [6, 6.07) is 0. The Morgan fingerprint density at radius 1 is 0.562 bits per heavy atom. The summed E-state index contributed by atoms with van der Waals surface area (Å²) >= 11 is 0. The van der Waals surface area contributed by atoms with Crippen LogP contribution in [-0.2, 0) is 26.2 Å². The van der Waals surface area contributed by atoms with Crippen LogP contribution in [-0.4, -0.2) is 0 Å². The van der Waals surface area contributed by atoms with Crippen molar-refractivity contribution in [1.82, 2.24) is 0 Å². The van der Waals surface area contributed by atoms with E-state index < -0.39 is 0 Å². The van der Waals surface area contributed by atoms with Crippen LogP contribution in [0.3, 0.4) is 0 Å². The van der Waals surface area contributed by atoms with Gasteiger partial charge in [0.25, 0.3) is 0 Å². The molecule has 0 aromatic heterocycles. The molecule has 4 aliphatic carbocycles. The molecule has 4 fully saturated rings. The standard InChI is InChI=1S/C17H30.C10H20.4CH3.Zr/c1-17(2,3)11-15-8-7-14-9-12-5-4-6-13(12)10-16(14)15;1-6-7(2)9(4)10(5)8(6)3;;;;;/h12-16H,4-11H2,1-3H3;6-10H,1-5H3;4*1H3;/q;;4*-1;+4. The third kappa shape index (κ3) is 8.52. The van der Waals surface area contributed by atoms with E-state index in [2.05, 4.69) is 55.4 Å². The van der Waals surface area contributed by atoms with Crippen molar-refractivity contribution in [2.45, 2.75) is 107 Å². The first-order valence-electron chi connectivity index (χ1n) is 12.6. The van der Waals surface area contributed by atoms with Crippen LogP contribution in [0, 0.1) is 94.3 Å². The van der Waals surface area contributed by atoms with E-state index in [0.29, 0.717) is 5.41 Å². The summed E-state index contributed by atoms with van der Waals surface area (Å²) < 4.78 is 0. The maximum Gasteiger partial charge on any atom is 4.00 e. The van der Waals surface area contributed by atoms with E-state index in [1.165, 1.54) is 6.42 Å². The maximum atomic E-state index is 2.43. The van der Waals surface area contributed by atoms with Crippen molar-refractivity contribution in [3.05, 3.63) is 29.7 Å². The molecule has 1 heteroatoms. The SMILES string of the molecule is CC(C)(C)CC1CCC2CC3CCCC3CC21.CC1C(C)C(C)C(C)C1C.[CH3-].[CH3-].[CH3-].[CH3-].[Zr+4]. The van der Waals surface area contributed by atoms with E-state index >= 15 is 0 Å². The Bertz CT molecular complexity index is 433. The summed E-state index contributed by atoms with van der Waals surface area (Å²) in [6.45, 7) is 19.3. The fourth-order valence-corrected chi connectivity index (χ4v) is 7.83. The van der Waals surface area contributed by atoms with E-state index in [-0.39, 0.29) is 55.9 Å². The minimum Gasteiger partial charge on any atom is -0.358 e. The largest absolute Gasteiger partial charge is 4.00 e. The molecule has 0 aromatic rings. The number of rotatable bonds is 1. The van der Waals surface area contributed by atoms with Crippen LogP contribution >= 0.6 is 0 Å². The van der Waals surface area contributed by atoms with E-state index in [1.807, 2.05) is 0 Å². The molecule has 190 valence electrons. The second kappa shape index (κ2) is 15.1. The molecule has 4 saturated carbocycles.